The molecule has 32 heavy (non-hydrogen) atoms. The Balaban J connectivity index is 1.65. The maximum Gasteiger partial charge on any atom is 0.262 e. The molecule has 0 spiro atoms. The van der Waals surface area contributed by atoms with E-state index in [1.54, 1.807) is 18.2 Å². The van der Waals surface area contributed by atoms with Crippen LogP contribution < -0.4 is 9.47 Å². The number of benzene rings is 3. The van der Waals surface area contributed by atoms with Crippen molar-refractivity contribution in [1.29, 1.82) is 10.5 Å². The highest BCUT2D eigenvalue weighted by atomic mass is 35.5. The van der Waals surface area contributed by atoms with E-state index in [0.717, 1.165) is 16.7 Å². The molecular formula is C25H18ClN3O3. The molecule has 3 aromatic carbocycles. The number of hydrogen-bond acceptors (Lipinski definition) is 6. The maximum absolute atomic E-state index is 10.1. The first-order valence-corrected chi connectivity index (χ1v) is 10.5. The second-order valence-electron chi connectivity index (χ2n) is 7.65. The van der Waals surface area contributed by atoms with Gasteiger partial charge >= 0.3 is 0 Å². The molecule has 2 aliphatic heterocycles. The molecule has 6 nitrogen and oxygen atoms in total. The second-order valence-corrected chi connectivity index (χ2v) is 8.09. The molecule has 3 aromatic rings. The second kappa shape index (κ2) is 8.18. The predicted octanol–water partition coefficient (Wildman–Crippen LogP) is 5.13. The van der Waals surface area contributed by atoms with Gasteiger partial charge in [-0.1, -0.05) is 60.1 Å². The first-order chi connectivity index (χ1) is 15.6. The van der Waals surface area contributed by atoms with Gasteiger partial charge in [0.05, 0.1) is 6.04 Å². The first-order valence-electron chi connectivity index (χ1n) is 10.1. The zero-order valence-corrected chi connectivity index (χ0v) is 17.7. The Hall–Kier alpha value is -3.55. The molecule has 0 aromatic heterocycles. The summed E-state index contributed by atoms with van der Waals surface area (Å²) in [5.74, 6) is 1.22. The van der Waals surface area contributed by atoms with Gasteiger partial charge < -0.3 is 14.2 Å². The summed E-state index contributed by atoms with van der Waals surface area (Å²) in [4.78, 5) is 2.03. The minimum atomic E-state index is -1.72. The van der Waals surface area contributed by atoms with Gasteiger partial charge in [-0.25, -0.2) is 0 Å². The van der Waals surface area contributed by atoms with Gasteiger partial charge in [0.1, 0.15) is 18.4 Å². The standard InChI is InChI=1S/C25H18ClN3O3/c26-20-9-6-18(7-10-20)24-29(13-17-4-2-1-3-5-17)23(25(14-27,15-28)32-24)19-8-11-21-22(12-19)31-16-30-21/h1-12,23-24H,13,16H2/t23-,24-/m0/s1. The van der Waals surface area contributed by atoms with Gasteiger partial charge in [0.15, 0.2) is 11.5 Å². The van der Waals surface area contributed by atoms with Crippen molar-refractivity contribution in [2.75, 3.05) is 6.79 Å². The van der Waals surface area contributed by atoms with Crippen LogP contribution in [0.4, 0.5) is 0 Å². The largest absolute Gasteiger partial charge is 0.454 e. The molecule has 0 radical (unpaired) electrons. The summed E-state index contributed by atoms with van der Waals surface area (Å²) in [7, 11) is 0. The molecule has 1 saturated heterocycles. The highest BCUT2D eigenvalue weighted by Gasteiger charge is 2.56. The van der Waals surface area contributed by atoms with Crippen LogP contribution in [-0.2, 0) is 11.3 Å². The molecule has 2 aliphatic rings. The number of nitriles is 2. The smallest absolute Gasteiger partial charge is 0.262 e. The number of ether oxygens (including phenoxy) is 3. The van der Waals surface area contributed by atoms with E-state index in [9.17, 15) is 10.5 Å². The van der Waals surface area contributed by atoms with E-state index in [1.165, 1.54) is 0 Å². The number of hydrogen-bond donors (Lipinski definition) is 0. The Morgan fingerprint density at radius 3 is 2.31 bits per heavy atom. The van der Waals surface area contributed by atoms with Gasteiger partial charge in [0.2, 0.25) is 6.79 Å². The molecular weight excluding hydrogens is 426 g/mol. The first kappa shape index (κ1) is 20.4. The topological polar surface area (TPSA) is 78.5 Å². The van der Waals surface area contributed by atoms with Crippen LogP contribution in [0, 0.1) is 22.7 Å². The van der Waals surface area contributed by atoms with Crippen molar-refractivity contribution in [1.82, 2.24) is 4.90 Å². The van der Waals surface area contributed by atoms with E-state index in [0.29, 0.717) is 23.1 Å². The van der Waals surface area contributed by atoms with Crippen molar-refractivity contribution in [2.45, 2.75) is 24.4 Å². The molecule has 0 aliphatic carbocycles. The maximum atomic E-state index is 10.1. The lowest BCUT2D eigenvalue weighted by atomic mass is 9.90. The molecule has 0 saturated carbocycles. The Morgan fingerprint density at radius 2 is 1.59 bits per heavy atom. The Morgan fingerprint density at radius 1 is 0.906 bits per heavy atom. The summed E-state index contributed by atoms with van der Waals surface area (Å²) in [5.41, 5.74) is 0.868. The molecule has 158 valence electrons. The molecule has 0 bridgehead atoms. The summed E-state index contributed by atoms with van der Waals surface area (Å²) >= 11 is 6.09. The predicted molar refractivity (Wildman–Crippen MR) is 117 cm³/mol. The van der Waals surface area contributed by atoms with Crippen molar-refractivity contribution in [3.05, 3.63) is 94.5 Å². The molecule has 1 fully saturated rings. The Kier molecular flexibility index (Phi) is 5.20. The van der Waals surface area contributed by atoms with E-state index in [1.807, 2.05) is 59.5 Å². The van der Waals surface area contributed by atoms with Gasteiger partial charge in [-0.2, -0.15) is 10.5 Å². The summed E-state index contributed by atoms with van der Waals surface area (Å²) in [5, 5.41) is 20.9. The lowest BCUT2D eigenvalue weighted by molar-refractivity contribution is -0.0116. The van der Waals surface area contributed by atoms with Crippen LogP contribution in [-0.4, -0.2) is 17.3 Å². The molecule has 5 rings (SSSR count). The summed E-state index contributed by atoms with van der Waals surface area (Å²) in [6.07, 6.45) is -0.623. The van der Waals surface area contributed by atoms with Crippen LogP contribution in [0.1, 0.15) is 29.0 Å². The summed E-state index contributed by atoms with van der Waals surface area (Å²) in [6, 6.07) is 26.2. The molecule has 0 unspecified atom stereocenters. The van der Waals surface area contributed by atoms with Crippen LogP contribution in [0.25, 0.3) is 0 Å². The quantitative estimate of drug-likeness (QED) is 0.556. The van der Waals surface area contributed by atoms with E-state index in [4.69, 9.17) is 25.8 Å². The van der Waals surface area contributed by atoms with Gasteiger partial charge in [-0.05, 0) is 41.0 Å². The molecule has 0 amide bonds. The molecule has 0 N–H and O–H groups in total. The van der Waals surface area contributed by atoms with Crippen molar-refractivity contribution in [3.8, 4) is 23.6 Å². The van der Waals surface area contributed by atoms with E-state index in [-0.39, 0.29) is 6.79 Å². The normalized spacial score (nSPS) is 21.1. The highest BCUT2D eigenvalue weighted by Crippen LogP contribution is 2.51. The fourth-order valence-electron chi connectivity index (χ4n) is 4.24. The zero-order chi connectivity index (χ0) is 22.1. The zero-order valence-electron chi connectivity index (χ0n) is 16.9. The van der Waals surface area contributed by atoms with Crippen LogP contribution >= 0.6 is 11.6 Å². The van der Waals surface area contributed by atoms with Crippen molar-refractivity contribution < 1.29 is 14.2 Å². The third-order valence-corrected chi connectivity index (χ3v) is 5.98. The SMILES string of the molecule is N#CC1(C#N)O[C@@H](c2ccc(Cl)cc2)N(Cc2ccccc2)[C@H]1c1ccc2c(c1)OCO2. The number of halogens is 1. The summed E-state index contributed by atoms with van der Waals surface area (Å²) < 4.78 is 17.2. The van der Waals surface area contributed by atoms with Crippen LogP contribution in [0.5, 0.6) is 11.5 Å². The number of nitrogens with zero attached hydrogens (tertiary/aromatic N) is 3. The third kappa shape index (κ3) is 3.45. The monoisotopic (exact) mass is 443 g/mol. The number of fused-ring (bicyclic) bond motifs is 1. The van der Waals surface area contributed by atoms with Gasteiger partial charge in [0.25, 0.3) is 5.60 Å². The Bertz CT molecular complexity index is 1200. The third-order valence-electron chi connectivity index (χ3n) is 5.72. The molecule has 2 heterocycles. The number of rotatable bonds is 4. The van der Waals surface area contributed by atoms with E-state index < -0.39 is 17.9 Å². The van der Waals surface area contributed by atoms with Crippen LogP contribution in [0.15, 0.2) is 72.8 Å². The molecule has 7 heteroatoms. The minimum Gasteiger partial charge on any atom is -0.454 e. The fourth-order valence-corrected chi connectivity index (χ4v) is 4.37. The fraction of sp³-hybridized carbons (Fsp3) is 0.200. The lowest BCUT2D eigenvalue weighted by Gasteiger charge is -2.29. The Labute approximate surface area is 190 Å². The van der Waals surface area contributed by atoms with E-state index in [2.05, 4.69) is 12.1 Å². The van der Waals surface area contributed by atoms with Crippen LogP contribution in [0.2, 0.25) is 5.02 Å². The lowest BCUT2D eigenvalue weighted by Crippen LogP contribution is -2.36. The van der Waals surface area contributed by atoms with E-state index >= 15 is 0 Å². The van der Waals surface area contributed by atoms with Crippen molar-refractivity contribution in [2.24, 2.45) is 0 Å². The molecule has 2 atom stereocenters. The minimum absolute atomic E-state index is 0.142. The highest BCUT2D eigenvalue weighted by molar-refractivity contribution is 6.30. The average molecular weight is 444 g/mol. The van der Waals surface area contributed by atoms with Crippen LogP contribution in [0.3, 0.4) is 0 Å². The van der Waals surface area contributed by atoms with Crippen molar-refractivity contribution in [3.63, 3.8) is 0 Å². The van der Waals surface area contributed by atoms with Gasteiger partial charge in [-0.3, -0.25) is 4.90 Å². The average Bonchev–Trinajstić information content (AvgIpc) is 3.42. The van der Waals surface area contributed by atoms with Crippen molar-refractivity contribution >= 4 is 11.6 Å². The van der Waals surface area contributed by atoms with Gasteiger partial charge in [0, 0.05) is 11.6 Å². The summed E-state index contributed by atoms with van der Waals surface area (Å²) in [6.45, 7) is 0.612. The van der Waals surface area contributed by atoms with Gasteiger partial charge in [-0.15, -0.1) is 0 Å².